The summed E-state index contributed by atoms with van der Waals surface area (Å²) < 4.78 is 4.94. The molecule has 112 valence electrons. The first kappa shape index (κ1) is 15.3. The Labute approximate surface area is 124 Å². The van der Waals surface area contributed by atoms with Gasteiger partial charge in [-0.05, 0) is 25.7 Å². The number of carbonyl (C=O) groups excluding carboxylic acids is 1. The Morgan fingerprint density at radius 1 is 1.45 bits per heavy atom. The lowest BCUT2D eigenvalue weighted by molar-refractivity contribution is -0.142. The zero-order chi connectivity index (χ0) is 14.4. The van der Waals surface area contributed by atoms with Gasteiger partial charge in [0.25, 0.3) is 0 Å². The van der Waals surface area contributed by atoms with E-state index in [2.05, 4.69) is 17.2 Å². The quantitative estimate of drug-likeness (QED) is 0.666. The molecular formula is C15H24N2O2S. The van der Waals surface area contributed by atoms with Gasteiger partial charge < -0.3 is 10.1 Å². The minimum Gasteiger partial charge on any atom is -0.466 e. The fourth-order valence-electron chi connectivity index (χ4n) is 2.68. The summed E-state index contributed by atoms with van der Waals surface area (Å²) in [5.74, 6) is 0.488. The Hall–Kier alpha value is -1.10. The number of hydrogen-bond donors (Lipinski definition) is 1. The molecule has 20 heavy (non-hydrogen) atoms. The van der Waals surface area contributed by atoms with E-state index in [1.807, 2.05) is 12.3 Å². The molecule has 0 aliphatic heterocycles. The second-order valence-corrected chi connectivity index (χ2v) is 6.35. The van der Waals surface area contributed by atoms with E-state index in [1.165, 1.54) is 32.1 Å². The maximum Gasteiger partial charge on any atom is 0.311 e. The SMILES string of the molecule is CCOC(=O)Cc1csc(NC2CCCCCC2C)n1. The topological polar surface area (TPSA) is 51.2 Å². The van der Waals surface area contributed by atoms with Crippen LogP contribution in [0.5, 0.6) is 0 Å². The van der Waals surface area contributed by atoms with Crippen LogP contribution in [0.15, 0.2) is 5.38 Å². The van der Waals surface area contributed by atoms with Crippen LogP contribution in [0.3, 0.4) is 0 Å². The van der Waals surface area contributed by atoms with Gasteiger partial charge in [-0.3, -0.25) is 4.79 Å². The molecule has 0 aromatic carbocycles. The summed E-state index contributed by atoms with van der Waals surface area (Å²) in [7, 11) is 0. The van der Waals surface area contributed by atoms with Crippen molar-refractivity contribution in [1.82, 2.24) is 4.98 Å². The molecule has 1 N–H and O–H groups in total. The van der Waals surface area contributed by atoms with Crippen molar-refractivity contribution in [2.24, 2.45) is 5.92 Å². The van der Waals surface area contributed by atoms with E-state index in [1.54, 1.807) is 11.3 Å². The summed E-state index contributed by atoms with van der Waals surface area (Å²) >= 11 is 1.58. The predicted molar refractivity (Wildman–Crippen MR) is 82.1 cm³/mol. The fourth-order valence-corrected chi connectivity index (χ4v) is 3.45. The average Bonchev–Trinajstić information content (AvgIpc) is 2.74. The minimum atomic E-state index is -0.202. The van der Waals surface area contributed by atoms with Gasteiger partial charge >= 0.3 is 5.97 Å². The van der Waals surface area contributed by atoms with Crippen molar-refractivity contribution in [2.45, 2.75) is 58.4 Å². The first-order valence-corrected chi connectivity index (χ1v) is 8.43. The van der Waals surface area contributed by atoms with Crippen LogP contribution in [0.4, 0.5) is 5.13 Å². The number of anilines is 1. The first-order chi connectivity index (χ1) is 9.69. The zero-order valence-electron chi connectivity index (χ0n) is 12.4. The molecule has 1 aromatic rings. The number of ether oxygens (including phenoxy) is 1. The van der Waals surface area contributed by atoms with Crippen LogP contribution in [-0.2, 0) is 16.0 Å². The number of aromatic nitrogens is 1. The van der Waals surface area contributed by atoms with Gasteiger partial charge in [-0.15, -0.1) is 11.3 Å². The van der Waals surface area contributed by atoms with Crippen LogP contribution >= 0.6 is 11.3 Å². The maximum atomic E-state index is 11.4. The highest BCUT2D eigenvalue weighted by molar-refractivity contribution is 7.13. The van der Waals surface area contributed by atoms with Gasteiger partial charge in [0.05, 0.1) is 18.7 Å². The smallest absolute Gasteiger partial charge is 0.311 e. The molecule has 1 aliphatic rings. The van der Waals surface area contributed by atoms with E-state index in [0.29, 0.717) is 18.6 Å². The molecule has 2 rings (SSSR count). The zero-order valence-corrected chi connectivity index (χ0v) is 13.2. The van der Waals surface area contributed by atoms with Gasteiger partial charge in [-0.1, -0.05) is 26.2 Å². The van der Waals surface area contributed by atoms with Gasteiger partial charge in [0.1, 0.15) is 0 Å². The van der Waals surface area contributed by atoms with Crippen molar-refractivity contribution in [3.63, 3.8) is 0 Å². The molecule has 0 spiro atoms. The highest BCUT2D eigenvalue weighted by Crippen LogP contribution is 2.27. The third kappa shape index (κ3) is 4.47. The molecule has 2 atom stereocenters. The lowest BCUT2D eigenvalue weighted by atomic mass is 9.97. The van der Waals surface area contributed by atoms with Crippen molar-refractivity contribution in [2.75, 3.05) is 11.9 Å². The third-order valence-electron chi connectivity index (χ3n) is 3.85. The Kier molecular flexibility index (Phi) is 5.83. The molecule has 1 heterocycles. The molecule has 2 unspecified atom stereocenters. The minimum absolute atomic E-state index is 0.202. The molecule has 1 aliphatic carbocycles. The Morgan fingerprint density at radius 3 is 3.05 bits per heavy atom. The molecule has 1 saturated carbocycles. The summed E-state index contributed by atoms with van der Waals surface area (Å²) in [5.41, 5.74) is 0.803. The number of carbonyl (C=O) groups is 1. The van der Waals surface area contributed by atoms with Crippen LogP contribution in [0.25, 0.3) is 0 Å². The summed E-state index contributed by atoms with van der Waals surface area (Å²) in [5, 5.41) is 6.43. The standard InChI is InChI=1S/C15H24N2O2S/c1-3-19-14(18)9-12-10-20-15(16-12)17-13-8-6-4-5-7-11(13)2/h10-11,13H,3-9H2,1-2H3,(H,16,17). The highest BCUT2D eigenvalue weighted by Gasteiger charge is 2.20. The van der Waals surface area contributed by atoms with E-state index >= 15 is 0 Å². The van der Waals surface area contributed by atoms with Crippen molar-refractivity contribution in [1.29, 1.82) is 0 Å². The monoisotopic (exact) mass is 296 g/mol. The van der Waals surface area contributed by atoms with E-state index in [9.17, 15) is 4.79 Å². The highest BCUT2D eigenvalue weighted by atomic mass is 32.1. The van der Waals surface area contributed by atoms with Crippen molar-refractivity contribution in [3.05, 3.63) is 11.1 Å². The molecule has 0 amide bonds. The van der Waals surface area contributed by atoms with Crippen LogP contribution in [0.1, 0.15) is 51.6 Å². The van der Waals surface area contributed by atoms with Crippen molar-refractivity contribution in [3.8, 4) is 0 Å². The van der Waals surface area contributed by atoms with Crippen LogP contribution in [0, 0.1) is 5.92 Å². The third-order valence-corrected chi connectivity index (χ3v) is 4.68. The van der Waals surface area contributed by atoms with Crippen molar-refractivity contribution < 1.29 is 9.53 Å². The van der Waals surface area contributed by atoms with Gasteiger partial charge in [-0.25, -0.2) is 4.98 Å². The molecule has 0 radical (unpaired) electrons. The lowest BCUT2D eigenvalue weighted by Crippen LogP contribution is -2.26. The van der Waals surface area contributed by atoms with Gasteiger partial charge in [0.15, 0.2) is 5.13 Å². The molecule has 0 bridgehead atoms. The second-order valence-electron chi connectivity index (χ2n) is 5.49. The summed E-state index contributed by atoms with van der Waals surface area (Å²) in [4.78, 5) is 15.9. The Bertz CT molecular complexity index is 433. The normalized spacial score (nSPS) is 23.1. The largest absolute Gasteiger partial charge is 0.466 e. The molecular weight excluding hydrogens is 272 g/mol. The number of rotatable bonds is 5. The van der Waals surface area contributed by atoms with Gasteiger partial charge in [0, 0.05) is 11.4 Å². The van der Waals surface area contributed by atoms with Crippen LogP contribution in [0.2, 0.25) is 0 Å². The molecule has 4 nitrogen and oxygen atoms in total. The number of nitrogens with one attached hydrogen (secondary N) is 1. The van der Waals surface area contributed by atoms with E-state index < -0.39 is 0 Å². The fraction of sp³-hybridized carbons (Fsp3) is 0.733. The van der Waals surface area contributed by atoms with E-state index in [0.717, 1.165) is 10.8 Å². The summed E-state index contributed by atoms with van der Waals surface area (Å²) in [6, 6.07) is 0.513. The Balaban J connectivity index is 1.89. The number of thiazole rings is 1. The summed E-state index contributed by atoms with van der Waals surface area (Å²) in [6.07, 6.45) is 6.75. The predicted octanol–water partition coefficient (Wildman–Crippen LogP) is 3.63. The number of esters is 1. The molecule has 1 aromatic heterocycles. The van der Waals surface area contributed by atoms with Crippen LogP contribution < -0.4 is 5.32 Å². The number of nitrogens with zero attached hydrogens (tertiary/aromatic N) is 1. The van der Waals surface area contributed by atoms with Crippen LogP contribution in [-0.4, -0.2) is 23.6 Å². The second kappa shape index (κ2) is 7.62. The van der Waals surface area contributed by atoms with Crippen molar-refractivity contribution >= 4 is 22.4 Å². The van der Waals surface area contributed by atoms with E-state index in [-0.39, 0.29) is 12.4 Å². The Morgan fingerprint density at radius 2 is 2.25 bits per heavy atom. The lowest BCUT2D eigenvalue weighted by Gasteiger charge is -2.22. The molecule has 5 heteroatoms. The maximum absolute atomic E-state index is 11.4. The van der Waals surface area contributed by atoms with Gasteiger partial charge in [0.2, 0.25) is 0 Å². The van der Waals surface area contributed by atoms with E-state index in [4.69, 9.17) is 4.74 Å². The average molecular weight is 296 g/mol. The van der Waals surface area contributed by atoms with Gasteiger partial charge in [-0.2, -0.15) is 0 Å². The first-order valence-electron chi connectivity index (χ1n) is 7.55. The number of hydrogen-bond acceptors (Lipinski definition) is 5. The molecule has 1 fully saturated rings. The molecule has 0 saturated heterocycles. The summed E-state index contributed by atoms with van der Waals surface area (Å²) in [6.45, 7) is 4.56.